The lowest BCUT2D eigenvalue weighted by molar-refractivity contribution is 0.193. The van der Waals surface area contributed by atoms with Crippen LogP contribution in [0, 0.1) is 0 Å². The number of hydrogen-bond acceptors (Lipinski definition) is 1. The number of aliphatic hydroxyl groups is 1. The Bertz CT molecular complexity index is 312. The largest absolute Gasteiger partial charge is 0.389 e. The number of rotatable bonds is 7. The first kappa shape index (κ1) is 16.5. The molecule has 1 rings (SSSR count). The standard InChI is InChI=1S/C18H32O/c1-4-7-12-15-13-8-9-14-16(15)17(10-5-2)18(19)11-6-3/h12,18-19H,4-11,13-14H2,1-3H3/b15-12+,17-16-. The SMILES string of the molecule is CCC/C=C1\CCCC\C1=C(/CCC)C(O)CCC. The highest BCUT2D eigenvalue weighted by atomic mass is 16.3. The first-order chi connectivity index (χ1) is 9.24. The van der Waals surface area contributed by atoms with Gasteiger partial charge in [-0.25, -0.2) is 0 Å². The van der Waals surface area contributed by atoms with Crippen molar-refractivity contribution in [2.45, 2.75) is 91.1 Å². The van der Waals surface area contributed by atoms with Crippen LogP contribution in [0.3, 0.4) is 0 Å². The van der Waals surface area contributed by atoms with Gasteiger partial charge in [0, 0.05) is 0 Å². The van der Waals surface area contributed by atoms with Gasteiger partial charge in [0.1, 0.15) is 0 Å². The van der Waals surface area contributed by atoms with E-state index in [4.69, 9.17) is 0 Å². The quantitative estimate of drug-likeness (QED) is 0.639. The molecule has 0 radical (unpaired) electrons. The normalized spacial score (nSPS) is 22.6. The average Bonchev–Trinajstić information content (AvgIpc) is 2.43. The summed E-state index contributed by atoms with van der Waals surface area (Å²) < 4.78 is 0. The zero-order chi connectivity index (χ0) is 14.1. The zero-order valence-corrected chi connectivity index (χ0v) is 13.2. The van der Waals surface area contributed by atoms with Crippen LogP contribution in [0.15, 0.2) is 22.8 Å². The van der Waals surface area contributed by atoms with Gasteiger partial charge >= 0.3 is 0 Å². The van der Waals surface area contributed by atoms with E-state index in [-0.39, 0.29) is 6.10 Å². The maximum atomic E-state index is 10.5. The van der Waals surface area contributed by atoms with E-state index < -0.39 is 0 Å². The third-order valence-corrected chi connectivity index (χ3v) is 4.06. The maximum Gasteiger partial charge on any atom is 0.0755 e. The summed E-state index contributed by atoms with van der Waals surface area (Å²) in [4.78, 5) is 0. The maximum absolute atomic E-state index is 10.5. The highest BCUT2D eigenvalue weighted by Crippen LogP contribution is 2.35. The van der Waals surface area contributed by atoms with Gasteiger partial charge in [0.15, 0.2) is 0 Å². The Morgan fingerprint density at radius 1 is 1.11 bits per heavy atom. The third kappa shape index (κ3) is 5.14. The van der Waals surface area contributed by atoms with E-state index >= 15 is 0 Å². The molecule has 1 aliphatic rings. The minimum atomic E-state index is -0.205. The smallest absolute Gasteiger partial charge is 0.0755 e. The minimum Gasteiger partial charge on any atom is -0.389 e. The fourth-order valence-electron chi connectivity index (χ4n) is 3.07. The molecule has 0 heterocycles. The molecule has 0 bridgehead atoms. The molecule has 1 saturated carbocycles. The van der Waals surface area contributed by atoms with Crippen molar-refractivity contribution in [3.05, 3.63) is 22.8 Å². The van der Waals surface area contributed by atoms with Gasteiger partial charge in [-0.1, -0.05) is 46.1 Å². The van der Waals surface area contributed by atoms with Gasteiger partial charge in [0.2, 0.25) is 0 Å². The summed E-state index contributed by atoms with van der Waals surface area (Å²) in [5, 5.41) is 10.5. The molecule has 110 valence electrons. The molecule has 1 aliphatic carbocycles. The van der Waals surface area contributed by atoms with Gasteiger partial charge in [-0.2, -0.15) is 0 Å². The van der Waals surface area contributed by atoms with Crippen molar-refractivity contribution in [2.75, 3.05) is 0 Å². The van der Waals surface area contributed by atoms with Gasteiger partial charge in [0.25, 0.3) is 0 Å². The Morgan fingerprint density at radius 3 is 2.47 bits per heavy atom. The molecule has 0 saturated heterocycles. The van der Waals surface area contributed by atoms with Crippen molar-refractivity contribution in [2.24, 2.45) is 0 Å². The topological polar surface area (TPSA) is 20.2 Å². The van der Waals surface area contributed by atoms with Crippen LogP contribution in [0.5, 0.6) is 0 Å². The van der Waals surface area contributed by atoms with Gasteiger partial charge in [-0.3, -0.25) is 0 Å². The predicted octanol–water partition coefficient (Wildman–Crippen LogP) is 5.54. The molecular weight excluding hydrogens is 232 g/mol. The molecule has 19 heavy (non-hydrogen) atoms. The van der Waals surface area contributed by atoms with Gasteiger partial charge in [-0.15, -0.1) is 0 Å². The lowest BCUT2D eigenvalue weighted by Gasteiger charge is -2.25. The third-order valence-electron chi connectivity index (χ3n) is 4.06. The Kier molecular flexibility index (Phi) is 8.13. The zero-order valence-electron chi connectivity index (χ0n) is 13.2. The van der Waals surface area contributed by atoms with E-state index in [1.54, 1.807) is 5.57 Å². The highest BCUT2D eigenvalue weighted by molar-refractivity contribution is 5.38. The van der Waals surface area contributed by atoms with Crippen LogP contribution in [0.4, 0.5) is 0 Å². The monoisotopic (exact) mass is 264 g/mol. The van der Waals surface area contributed by atoms with E-state index in [1.807, 2.05) is 0 Å². The summed E-state index contributed by atoms with van der Waals surface area (Å²) in [5.74, 6) is 0. The minimum absolute atomic E-state index is 0.205. The van der Waals surface area contributed by atoms with Crippen LogP contribution >= 0.6 is 0 Å². The van der Waals surface area contributed by atoms with E-state index in [2.05, 4.69) is 26.8 Å². The van der Waals surface area contributed by atoms with E-state index in [9.17, 15) is 5.11 Å². The summed E-state index contributed by atoms with van der Waals surface area (Å²) in [6, 6.07) is 0. The van der Waals surface area contributed by atoms with E-state index in [0.717, 1.165) is 25.7 Å². The molecule has 1 N–H and O–H groups in total. The molecule has 0 aromatic rings. The molecule has 0 amide bonds. The summed E-state index contributed by atoms with van der Waals surface area (Å²) in [5.41, 5.74) is 4.42. The van der Waals surface area contributed by atoms with Crippen molar-refractivity contribution in [1.29, 1.82) is 0 Å². The van der Waals surface area contributed by atoms with E-state index in [0.29, 0.717) is 0 Å². The molecule has 1 unspecified atom stereocenters. The molecule has 0 aromatic carbocycles. The van der Waals surface area contributed by atoms with Gasteiger partial charge < -0.3 is 5.11 Å². The van der Waals surface area contributed by atoms with Crippen LogP contribution in [-0.4, -0.2) is 11.2 Å². The summed E-state index contributed by atoms with van der Waals surface area (Å²) in [7, 11) is 0. The second kappa shape index (κ2) is 9.36. The molecule has 0 aromatic heterocycles. The fraction of sp³-hybridized carbons (Fsp3) is 0.778. The van der Waals surface area contributed by atoms with Gasteiger partial charge in [-0.05, 0) is 61.7 Å². The summed E-state index contributed by atoms with van der Waals surface area (Å²) in [6.07, 6.45) is 13.8. The van der Waals surface area contributed by atoms with Crippen molar-refractivity contribution in [1.82, 2.24) is 0 Å². The van der Waals surface area contributed by atoms with Crippen LogP contribution in [-0.2, 0) is 0 Å². The summed E-state index contributed by atoms with van der Waals surface area (Å²) >= 11 is 0. The lowest BCUT2D eigenvalue weighted by Crippen LogP contribution is -2.15. The van der Waals surface area contributed by atoms with Crippen molar-refractivity contribution < 1.29 is 5.11 Å². The van der Waals surface area contributed by atoms with Crippen LogP contribution in [0.25, 0.3) is 0 Å². The summed E-state index contributed by atoms with van der Waals surface area (Å²) in [6.45, 7) is 6.62. The second-order valence-electron chi connectivity index (χ2n) is 5.78. The molecule has 0 spiro atoms. The Balaban J connectivity index is 3.00. The lowest BCUT2D eigenvalue weighted by atomic mass is 9.82. The molecule has 1 fully saturated rings. The number of unbranched alkanes of at least 4 members (excludes halogenated alkanes) is 1. The Labute approximate surface area is 119 Å². The van der Waals surface area contributed by atoms with Gasteiger partial charge in [0.05, 0.1) is 6.10 Å². The van der Waals surface area contributed by atoms with Crippen LogP contribution in [0.1, 0.15) is 85.0 Å². The first-order valence-electron chi connectivity index (χ1n) is 8.33. The molecule has 1 nitrogen and oxygen atoms in total. The Morgan fingerprint density at radius 2 is 1.84 bits per heavy atom. The highest BCUT2D eigenvalue weighted by Gasteiger charge is 2.19. The predicted molar refractivity (Wildman–Crippen MR) is 84.3 cm³/mol. The molecular formula is C18H32O. The average molecular weight is 264 g/mol. The second-order valence-corrected chi connectivity index (χ2v) is 5.78. The molecule has 1 atom stereocenters. The number of hydrogen-bond donors (Lipinski definition) is 1. The van der Waals surface area contributed by atoms with Crippen molar-refractivity contribution >= 4 is 0 Å². The number of allylic oxidation sites excluding steroid dienone is 3. The van der Waals surface area contributed by atoms with Crippen LogP contribution in [0.2, 0.25) is 0 Å². The fourth-order valence-corrected chi connectivity index (χ4v) is 3.07. The molecule has 0 aliphatic heterocycles. The first-order valence-corrected chi connectivity index (χ1v) is 8.33. The van der Waals surface area contributed by atoms with E-state index in [1.165, 1.54) is 49.7 Å². The Hall–Kier alpha value is -0.560. The number of aliphatic hydroxyl groups excluding tert-OH is 1. The van der Waals surface area contributed by atoms with Crippen molar-refractivity contribution in [3.8, 4) is 0 Å². The van der Waals surface area contributed by atoms with Crippen molar-refractivity contribution in [3.63, 3.8) is 0 Å². The molecule has 1 heteroatoms. The van der Waals surface area contributed by atoms with Crippen LogP contribution < -0.4 is 0 Å².